The first-order chi connectivity index (χ1) is 20.7. The number of hydrogen-bond acceptors (Lipinski definition) is 9. The predicted octanol–water partition coefficient (Wildman–Crippen LogP) is 4.01. The molecule has 13 nitrogen and oxygen atoms in total. The maximum Gasteiger partial charge on any atom is 0.510 e. The number of nitrogens with one attached hydrogen (secondary N) is 2. The first-order valence-corrected chi connectivity index (χ1v) is 15.3. The Labute approximate surface area is 259 Å². The molecule has 3 aliphatic carbocycles. The van der Waals surface area contributed by atoms with Gasteiger partial charge in [0.2, 0.25) is 6.79 Å². The van der Waals surface area contributed by atoms with E-state index in [9.17, 15) is 27.7 Å². The third-order valence-corrected chi connectivity index (χ3v) is 8.30. The molecule has 3 aliphatic rings. The van der Waals surface area contributed by atoms with Crippen molar-refractivity contribution >= 4 is 49.0 Å². The second kappa shape index (κ2) is 13.8. The maximum atomic E-state index is 13.7. The monoisotopic (exact) mass is 682 g/mol. The molecule has 3 saturated carbocycles. The lowest BCUT2D eigenvalue weighted by atomic mass is 9.59. The number of phosphoric acid groups is 1. The van der Waals surface area contributed by atoms with E-state index in [0.29, 0.717) is 12.8 Å². The van der Waals surface area contributed by atoms with Gasteiger partial charge >= 0.3 is 14.0 Å². The van der Waals surface area contributed by atoms with Crippen LogP contribution < -0.4 is 20.1 Å². The Morgan fingerprint density at radius 3 is 1.91 bits per heavy atom. The Hall–Kier alpha value is -3.20. The molecule has 0 radical (unpaired) electrons. The highest BCUT2D eigenvalue weighted by Gasteiger charge is 2.57. The summed E-state index contributed by atoms with van der Waals surface area (Å²) < 4.78 is 63.2. The summed E-state index contributed by atoms with van der Waals surface area (Å²) in [5, 5.41) is 5.48. The molecule has 18 heteroatoms. The lowest BCUT2D eigenvalue weighted by Gasteiger charge is -2.56. The molecule has 2 amide bonds. The van der Waals surface area contributed by atoms with Gasteiger partial charge in [0.25, 0.3) is 11.8 Å². The zero-order valence-electron chi connectivity index (χ0n) is 22.7. The fourth-order valence-electron chi connectivity index (χ4n) is 5.16. The lowest BCUT2D eigenvalue weighted by molar-refractivity contribution is -0.140. The number of amides is 2. The molecule has 0 saturated heterocycles. The average molecular weight is 683 g/mol. The second-order valence-electron chi connectivity index (χ2n) is 10.2. The van der Waals surface area contributed by atoms with Crippen molar-refractivity contribution in [2.45, 2.75) is 49.3 Å². The van der Waals surface area contributed by atoms with Crippen LogP contribution in [-0.4, -0.2) is 64.9 Å². The van der Waals surface area contributed by atoms with Crippen LogP contribution in [0.5, 0.6) is 11.5 Å². The Morgan fingerprint density at radius 1 is 0.886 bits per heavy atom. The minimum Gasteiger partial charge on any atom is -0.484 e. The van der Waals surface area contributed by atoms with Gasteiger partial charge in [-0.2, -0.15) is 0 Å². The number of benzene rings is 2. The molecule has 44 heavy (non-hydrogen) atoms. The zero-order chi connectivity index (χ0) is 32.1. The van der Waals surface area contributed by atoms with Crippen LogP contribution >= 0.6 is 31.0 Å². The molecule has 0 unspecified atom stereocenters. The van der Waals surface area contributed by atoms with Crippen LogP contribution in [0.4, 0.5) is 13.6 Å². The Balaban J connectivity index is 1.41. The predicted molar refractivity (Wildman–Crippen MR) is 148 cm³/mol. The fourth-order valence-corrected chi connectivity index (χ4v) is 5.58. The summed E-state index contributed by atoms with van der Waals surface area (Å²) in [7, 11) is -4.93. The molecule has 240 valence electrons. The molecule has 2 aromatic carbocycles. The van der Waals surface area contributed by atoms with Gasteiger partial charge in [0.1, 0.15) is 29.2 Å². The molecule has 0 aliphatic heterocycles. The first-order valence-electron chi connectivity index (χ1n) is 13.0. The minimum absolute atomic E-state index is 0.0201. The second-order valence-corrected chi connectivity index (χ2v) is 12.3. The number of hydrogen-bond donors (Lipinski definition) is 4. The molecular weight excluding hydrogens is 656 g/mol. The van der Waals surface area contributed by atoms with E-state index < -0.39 is 74.6 Å². The molecule has 3 fully saturated rings. The van der Waals surface area contributed by atoms with E-state index >= 15 is 0 Å². The highest BCUT2D eigenvalue weighted by Crippen LogP contribution is 2.48. The van der Waals surface area contributed by atoms with E-state index in [2.05, 4.69) is 19.9 Å². The van der Waals surface area contributed by atoms with Crippen LogP contribution in [-0.2, 0) is 28.2 Å². The molecular formula is C26H27Cl2F2N2O11P. The van der Waals surface area contributed by atoms with Gasteiger partial charge in [0.05, 0.1) is 15.6 Å². The number of carbonyl (C=O) groups excluding carboxylic acids is 3. The molecule has 0 aromatic heterocycles. The Bertz CT molecular complexity index is 1450. The Kier molecular flexibility index (Phi) is 10.6. The highest BCUT2D eigenvalue weighted by atomic mass is 35.5. The number of ether oxygens (including phenoxy) is 4. The third-order valence-electron chi connectivity index (χ3n) is 7.24. The summed E-state index contributed by atoms with van der Waals surface area (Å²) in [6, 6.07) is 7.37. The topological polar surface area (TPSA) is 179 Å². The molecule has 4 N–H and O–H groups in total. The van der Waals surface area contributed by atoms with Crippen molar-refractivity contribution in [2.75, 3.05) is 20.0 Å². The van der Waals surface area contributed by atoms with Crippen LogP contribution in [0.2, 0.25) is 10.0 Å². The van der Waals surface area contributed by atoms with Crippen molar-refractivity contribution < 1.29 is 61.0 Å². The van der Waals surface area contributed by atoms with Crippen molar-refractivity contribution in [3.63, 3.8) is 0 Å². The molecule has 5 rings (SSSR count). The number of rotatable bonds is 12. The van der Waals surface area contributed by atoms with Crippen molar-refractivity contribution in [1.82, 2.24) is 10.6 Å². The van der Waals surface area contributed by atoms with Gasteiger partial charge in [-0.1, -0.05) is 23.2 Å². The van der Waals surface area contributed by atoms with Gasteiger partial charge in [-0.05, 0) is 49.9 Å². The van der Waals surface area contributed by atoms with Gasteiger partial charge in [-0.3, -0.25) is 9.59 Å². The molecule has 2 bridgehead atoms. The average Bonchev–Trinajstić information content (AvgIpc) is 2.94. The number of fused-ring (bicyclic) bond motifs is 3. The summed E-state index contributed by atoms with van der Waals surface area (Å²) in [6.07, 6.45) is -1.22. The van der Waals surface area contributed by atoms with Crippen LogP contribution in [0.3, 0.4) is 0 Å². The molecule has 0 spiro atoms. The van der Waals surface area contributed by atoms with E-state index in [1.807, 2.05) is 0 Å². The Morgan fingerprint density at radius 2 is 1.41 bits per heavy atom. The van der Waals surface area contributed by atoms with Gasteiger partial charge in [-0.25, -0.2) is 22.7 Å². The summed E-state index contributed by atoms with van der Waals surface area (Å²) >= 11 is 11.3. The first kappa shape index (κ1) is 33.7. The minimum atomic E-state index is -4.93. The van der Waals surface area contributed by atoms with Crippen LogP contribution in [0.25, 0.3) is 0 Å². The summed E-state index contributed by atoms with van der Waals surface area (Å²) in [5.41, 5.74) is -2.01. The van der Waals surface area contributed by atoms with Gasteiger partial charge in [0, 0.05) is 24.1 Å². The third kappa shape index (κ3) is 8.93. The molecule has 1 atom stereocenters. The van der Waals surface area contributed by atoms with E-state index in [0.717, 1.165) is 12.1 Å². The molecule has 0 heterocycles. The highest BCUT2D eigenvalue weighted by molar-refractivity contribution is 7.46. The zero-order valence-corrected chi connectivity index (χ0v) is 25.1. The summed E-state index contributed by atoms with van der Waals surface area (Å²) in [4.78, 5) is 55.7. The quantitative estimate of drug-likeness (QED) is 0.144. The largest absolute Gasteiger partial charge is 0.510 e. The summed E-state index contributed by atoms with van der Waals surface area (Å²) in [6.45, 7) is -2.08. The fraction of sp³-hybridized carbons (Fsp3) is 0.423. The van der Waals surface area contributed by atoms with Crippen LogP contribution in [0, 0.1) is 11.6 Å². The molecule has 2 aromatic rings. The van der Waals surface area contributed by atoms with Crippen molar-refractivity contribution in [3.05, 3.63) is 58.1 Å². The van der Waals surface area contributed by atoms with E-state index in [1.54, 1.807) is 0 Å². The van der Waals surface area contributed by atoms with Crippen LogP contribution in [0.15, 0.2) is 36.4 Å². The van der Waals surface area contributed by atoms with Crippen LogP contribution in [0.1, 0.15) is 32.1 Å². The SMILES string of the molecule is O=C(COc1ccc(Cl)c(F)c1)NC12CCC(NC(=O)COc3ccc(Cl)c(F)c3)(CC1)[C@H](OC(=O)OCOP(=O)(O)O)C2. The van der Waals surface area contributed by atoms with E-state index in [4.69, 9.17) is 47.2 Å². The maximum absolute atomic E-state index is 13.7. The van der Waals surface area contributed by atoms with Gasteiger partial charge in [0.15, 0.2) is 13.2 Å². The number of carbonyl (C=O) groups is 3. The number of halogens is 4. The standard InChI is InChI=1S/C26H27Cl2F2N2O11P/c27-17-3-1-15(9-19(17)29)39-12-22(33)31-25-5-7-26(8-6-25,21(11-25)43-24(35)41-14-42-44(36,37)38)32-23(34)13-40-16-2-4-18(28)20(30)10-16/h1-4,9-10,21H,5-8,11-14H2,(H,31,33)(H,32,34)(H2,36,37,38)/t21-,25?,26?/m1/s1. The normalized spacial score (nSPS) is 22.5. The van der Waals surface area contributed by atoms with Gasteiger partial charge in [-0.15, -0.1) is 0 Å². The van der Waals surface area contributed by atoms with E-state index in [1.165, 1.54) is 24.3 Å². The van der Waals surface area contributed by atoms with Gasteiger partial charge < -0.3 is 39.4 Å². The summed E-state index contributed by atoms with van der Waals surface area (Å²) in [5.74, 6) is -2.48. The van der Waals surface area contributed by atoms with Crippen molar-refractivity contribution in [3.8, 4) is 11.5 Å². The smallest absolute Gasteiger partial charge is 0.484 e. The van der Waals surface area contributed by atoms with Crippen molar-refractivity contribution in [2.24, 2.45) is 0 Å². The van der Waals surface area contributed by atoms with Crippen molar-refractivity contribution in [1.29, 1.82) is 0 Å². The lowest BCUT2D eigenvalue weighted by Crippen LogP contribution is -2.71. The number of phosphoric ester groups is 1. The van der Waals surface area contributed by atoms with E-state index in [-0.39, 0.29) is 40.8 Å².